The molecule has 3 rings (SSSR count). The van der Waals surface area contributed by atoms with Crippen LogP contribution in [0.3, 0.4) is 0 Å². The minimum absolute atomic E-state index is 0.463. The van der Waals surface area contributed by atoms with Gasteiger partial charge in [-0.3, -0.25) is 0 Å². The highest BCUT2D eigenvalue weighted by atomic mass is 16.3. The molecule has 0 aromatic rings. The molecule has 0 aromatic carbocycles. The largest absolute Gasteiger partial charge is 0.396 e. The van der Waals surface area contributed by atoms with Crippen molar-refractivity contribution in [3.05, 3.63) is 0 Å². The SMILES string of the molecule is OCC1CC2CC1C1CC21. The van der Waals surface area contributed by atoms with E-state index in [0.717, 1.165) is 23.7 Å². The summed E-state index contributed by atoms with van der Waals surface area (Å²) in [6, 6.07) is 0. The fourth-order valence-corrected chi connectivity index (χ4v) is 3.56. The fourth-order valence-electron chi connectivity index (χ4n) is 3.56. The van der Waals surface area contributed by atoms with Gasteiger partial charge < -0.3 is 5.11 Å². The third kappa shape index (κ3) is 0.493. The summed E-state index contributed by atoms with van der Waals surface area (Å²) in [5, 5.41) is 9.02. The maximum absolute atomic E-state index is 9.02. The Morgan fingerprint density at radius 3 is 2.50 bits per heavy atom. The van der Waals surface area contributed by atoms with E-state index in [1.165, 1.54) is 19.3 Å². The van der Waals surface area contributed by atoms with Crippen molar-refractivity contribution in [1.82, 2.24) is 0 Å². The molecule has 5 unspecified atom stereocenters. The van der Waals surface area contributed by atoms with Gasteiger partial charge in [0.2, 0.25) is 0 Å². The van der Waals surface area contributed by atoms with Crippen molar-refractivity contribution in [2.24, 2.45) is 29.6 Å². The predicted molar refractivity (Wildman–Crippen MR) is 38.4 cm³/mol. The lowest BCUT2D eigenvalue weighted by Crippen LogP contribution is -2.16. The Balaban J connectivity index is 1.85. The van der Waals surface area contributed by atoms with Crippen LogP contribution in [0.4, 0.5) is 0 Å². The molecule has 0 radical (unpaired) electrons. The molecule has 0 aromatic heterocycles. The van der Waals surface area contributed by atoms with E-state index in [4.69, 9.17) is 5.11 Å². The van der Waals surface area contributed by atoms with Crippen LogP contribution in [0.5, 0.6) is 0 Å². The Morgan fingerprint density at radius 1 is 1.00 bits per heavy atom. The topological polar surface area (TPSA) is 20.2 Å². The molecule has 3 saturated carbocycles. The van der Waals surface area contributed by atoms with Gasteiger partial charge in [-0.2, -0.15) is 0 Å². The van der Waals surface area contributed by atoms with Crippen molar-refractivity contribution >= 4 is 0 Å². The first-order valence-electron chi connectivity index (χ1n) is 4.51. The van der Waals surface area contributed by atoms with Gasteiger partial charge in [-0.05, 0) is 48.9 Å². The summed E-state index contributed by atoms with van der Waals surface area (Å²) in [4.78, 5) is 0. The quantitative estimate of drug-likeness (QED) is 0.578. The summed E-state index contributed by atoms with van der Waals surface area (Å²) in [6.45, 7) is 0.463. The second-order valence-electron chi connectivity index (χ2n) is 4.40. The Bertz CT molecular complexity index is 166. The van der Waals surface area contributed by atoms with E-state index in [-0.39, 0.29) is 0 Å². The smallest absolute Gasteiger partial charge is 0.0462 e. The van der Waals surface area contributed by atoms with Crippen LogP contribution in [0.1, 0.15) is 19.3 Å². The number of aliphatic hydroxyl groups is 1. The lowest BCUT2D eigenvalue weighted by molar-refractivity contribution is 0.171. The number of fused-ring (bicyclic) bond motifs is 5. The third-order valence-corrected chi connectivity index (χ3v) is 4.07. The average molecular weight is 138 g/mol. The summed E-state index contributed by atoms with van der Waals surface area (Å²) < 4.78 is 0. The van der Waals surface area contributed by atoms with Gasteiger partial charge in [-0.1, -0.05) is 0 Å². The Hall–Kier alpha value is -0.0400. The average Bonchev–Trinajstić information content (AvgIpc) is 2.58. The first-order chi connectivity index (χ1) is 4.90. The van der Waals surface area contributed by atoms with Crippen molar-refractivity contribution in [1.29, 1.82) is 0 Å². The number of hydrogen-bond donors (Lipinski definition) is 1. The minimum Gasteiger partial charge on any atom is -0.396 e. The molecule has 5 atom stereocenters. The van der Waals surface area contributed by atoms with E-state index >= 15 is 0 Å². The molecule has 3 fully saturated rings. The maximum atomic E-state index is 9.02. The molecule has 0 spiro atoms. The van der Waals surface area contributed by atoms with Crippen LogP contribution in [-0.2, 0) is 0 Å². The highest BCUT2D eigenvalue weighted by Crippen LogP contribution is 2.67. The molecule has 3 aliphatic carbocycles. The van der Waals surface area contributed by atoms with Crippen molar-refractivity contribution < 1.29 is 5.11 Å². The molecule has 3 aliphatic rings. The molecule has 0 amide bonds. The Morgan fingerprint density at radius 2 is 1.90 bits per heavy atom. The van der Waals surface area contributed by atoms with E-state index in [1.807, 2.05) is 0 Å². The molecule has 1 nitrogen and oxygen atoms in total. The van der Waals surface area contributed by atoms with Crippen LogP contribution >= 0.6 is 0 Å². The van der Waals surface area contributed by atoms with E-state index in [9.17, 15) is 0 Å². The summed E-state index contributed by atoms with van der Waals surface area (Å²) in [5.74, 6) is 4.87. The van der Waals surface area contributed by atoms with Gasteiger partial charge in [-0.15, -0.1) is 0 Å². The summed E-state index contributed by atoms with van der Waals surface area (Å²) in [7, 11) is 0. The zero-order chi connectivity index (χ0) is 6.72. The molecule has 1 heteroatoms. The van der Waals surface area contributed by atoms with Crippen LogP contribution in [0.2, 0.25) is 0 Å². The van der Waals surface area contributed by atoms with E-state index in [1.54, 1.807) is 0 Å². The first kappa shape index (κ1) is 5.59. The van der Waals surface area contributed by atoms with Crippen LogP contribution < -0.4 is 0 Å². The second-order valence-corrected chi connectivity index (χ2v) is 4.40. The summed E-state index contributed by atoms with van der Waals surface area (Å²) >= 11 is 0. The van der Waals surface area contributed by atoms with Crippen molar-refractivity contribution in [3.63, 3.8) is 0 Å². The standard InChI is InChI=1S/C9H14O/c10-4-6-1-5-2-7(6)9-3-8(5)9/h5-10H,1-4H2. The molecule has 2 bridgehead atoms. The molecule has 1 N–H and O–H groups in total. The van der Waals surface area contributed by atoms with Crippen LogP contribution in [0.25, 0.3) is 0 Å². The van der Waals surface area contributed by atoms with E-state index in [2.05, 4.69) is 0 Å². The lowest BCUT2D eigenvalue weighted by atomic mass is 9.89. The molecular formula is C9H14O. The van der Waals surface area contributed by atoms with Crippen LogP contribution in [-0.4, -0.2) is 11.7 Å². The van der Waals surface area contributed by atoms with Crippen LogP contribution in [0.15, 0.2) is 0 Å². The zero-order valence-corrected chi connectivity index (χ0v) is 6.16. The highest BCUT2D eigenvalue weighted by Gasteiger charge is 2.60. The number of hydrogen-bond acceptors (Lipinski definition) is 1. The maximum Gasteiger partial charge on any atom is 0.0462 e. The number of rotatable bonds is 1. The molecule has 10 heavy (non-hydrogen) atoms. The van der Waals surface area contributed by atoms with Crippen molar-refractivity contribution in [2.45, 2.75) is 19.3 Å². The Labute approximate surface area is 61.4 Å². The zero-order valence-electron chi connectivity index (χ0n) is 6.16. The predicted octanol–water partition coefficient (Wildman–Crippen LogP) is 1.27. The second kappa shape index (κ2) is 1.58. The number of aliphatic hydroxyl groups excluding tert-OH is 1. The van der Waals surface area contributed by atoms with Gasteiger partial charge in [0.25, 0.3) is 0 Å². The van der Waals surface area contributed by atoms with Gasteiger partial charge in [-0.25, -0.2) is 0 Å². The van der Waals surface area contributed by atoms with E-state index in [0.29, 0.717) is 12.5 Å². The van der Waals surface area contributed by atoms with E-state index < -0.39 is 0 Å². The summed E-state index contributed by atoms with van der Waals surface area (Å²) in [6.07, 6.45) is 4.31. The van der Waals surface area contributed by atoms with Crippen LogP contribution in [0, 0.1) is 29.6 Å². The monoisotopic (exact) mass is 138 g/mol. The molecular weight excluding hydrogens is 124 g/mol. The molecule has 0 heterocycles. The lowest BCUT2D eigenvalue weighted by Gasteiger charge is -2.17. The third-order valence-electron chi connectivity index (χ3n) is 4.07. The Kier molecular flexibility index (Phi) is 0.883. The van der Waals surface area contributed by atoms with Gasteiger partial charge in [0.15, 0.2) is 0 Å². The fraction of sp³-hybridized carbons (Fsp3) is 1.00. The minimum atomic E-state index is 0.463. The molecule has 56 valence electrons. The molecule has 0 saturated heterocycles. The first-order valence-corrected chi connectivity index (χ1v) is 4.51. The summed E-state index contributed by atoms with van der Waals surface area (Å²) in [5.41, 5.74) is 0. The highest BCUT2D eigenvalue weighted by molar-refractivity contribution is 5.09. The normalized spacial score (nSPS) is 62.7. The van der Waals surface area contributed by atoms with Gasteiger partial charge in [0.05, 0.1) is 0 Å². The molecule has 0 aliphatic heterocycles. The van der Waals surface area contributed by atoms with Gasteiger partial charge in [0.1, 0.15) is 0 Å². The van der Waals surface area contributed by atoms with Crippen molar-refractivity contribution in [2.75, 3.05) is 6.61 Å². The van der Waals surface area contributed by atoms with Gasteiger partial charge >= 0.3 is 0 Å². The van der Waals surface area contributed by atoms with Gasteiger partial charge in [0, 0.05) is 6.61 Å². The van der Waals surface area contributed by atoms with Crippen molar-refractivity contribution in [3.8, 4) is 0 Å².